The molecule has 0 bridgehead atoms. The van der Waals surface area contributed by atoms with E-state index in [0.29, 0.717) is 11.9 Å². The van der Waals surface area contributed by atoms with Crippen molar-refractivity contribution >= 4 is 0 Å². The number of hydrogen-bond acceptors (Lipinski definition) is 4. The van der Waals surface area contributed by atoms with Gasteiger partial charge in [-0.1, -0.05) is 18.9 Å². The minimum Gasteiger partial charge on any atom is -0.481 e. The van der Waals surface area contributed by atoms with Gasteiger partial charge in [0.15, 0.2) is 0 Å². The van der Waals surface area contributed by atoms with Crippen molar-refractivity contribution in [2.75, 3.05) is 33.3 Å². The molecule has 0 radical (unpaired) electrons. The lowest BCUT2D eigenvalue weighted by molar-refractivity contribution is 0.125. The number of pyridine rings is 1. The van der Waals surface area contributed by atoms with Gasteiger partial charge in [-0.2, -0.15) is 0 Å². The van der Waals surface area contributed by atoms with Crippen molar-refractivity contribution in [3.05, 3.63) is 23.9 Å². The Balaban J connectivity index is 1.82. The standard InChI is InChI=1S/C16H25N3O/c1-20-15-7-6-14(12-18-15)16(13-4-2-3-5-13)19-10-8-17-9-11-19/h6-7,12-13,16-17H,2-5,8-11H2,1H3/t16-/m1/s1. The summed E-state index contributed by atoms with van der Waals surface area (Å²) in [5.74, 6) is 1.50. The summed E-state index contributed by atoms with van der Waals surface area (Å²) in [6.45, 7) is 4.50. The van der Waals surface area contributed by atoms with Crippen molar-refractivity contribution < 1.29 is 4.74 Å². The summed E-state index contributed by atoms with van der Waals surface area (Å²) in [5.41, 5.74) is 1.36. The molecule has 4 heteroatoms. The maximum Gasteiger partial charge on any atom is 0.212 e. The molecule has 1 atom stereocenters. The molecule has 1 aromatic rings. The third kappa shape index (κ3) is 2.96. The van der Waals surface area contributed by atoms with Gasteiger partial charge in [-0.3, -0.25) is 4.90 Å². The zero-order valence-corrected chi connectivity index (χ0v) is 12.3. The van der Waals surface area contributed by atoms with Gasteiger partial charge in [0.05, 0.1) is 7.11 Å². The Morgan fingerprint density at radius 3 is 2.60 bits per heavy atom. The van der Waals surface area contributed by atoms with Crippen LogP contribution in [0.3, 0.4) is 0 Å². The lowest BCUT2D eigenvalue weighted by Gasteiger charge is -2.38. The maximum atomic E-state index is 5.19. The second-order valence-electron chi connectivity index (χ2n) is 5.91. The highest BCUT2D eigenvalue weighted by atomic mass is 16.5. The molecule has 0 amide bonds. The van der Waals surface area contributed by atoms with Gasteiger partial charge in [0, 0.05) is 44.5 Å². The van der Waals surface area contributed by atoms with Crippen LogP contribution < -0.4 is 10.1 Å². The van der Waals surface area contributed by atoms with E-state index in [1.165, 1.54) is 31.2 Å². The van der Waals surface area contributed by atoms with Crippen molar-refractivity contribution in [2.24, 2.45) is 5.92 Å². The molecule has 20 heavy (non-hydrogen) atoms. The minimum atomic E-state index is 0.540. The van der Waals surface area contributed by atoms with Crippen LogP contribution in [0.4, 0.5) is 0 Å². The SMILES string of the molecule is COc1ccc([C@@H](C2CCCC2)N2CCNCC2)cn1. The van der Waals surface area contributed by atoms with Crippen LogP contribution in [0.1, 0.15) is 37.3 Å². The molecule has 1 aliphatic heterocycles. The topological polar surface area (TPSA) is 37.4 Å². The van der Waals surface area contributed by atoms with Crippen LogP contribution in [0.2, 0.25) is 0 Å². The molecular formula is C16H25N3O. The van der Waals surface area contributed by atoms with Crippen LogP contribution in [-0.2, 0) is 0 Å². The molecular weight excluding hydrogens is 250 g/mol. The third-order valence-corrected chi connectivity index (χ3v) is 4.70. The molecule has 1 aliphatic carbocycles. The summed E-state index contributed by atoms with van der Waals surface area (Å²) >= 11 is 0. The van der Waals surface area contributed by atoms with Crippen LogP contribution >= 0.6 is 0 Å². The van der Waals surface area contributed by atoms with Crippen molar-refractivity contribution in [2.45, 2.75) is 31.7 Å². The molecule has 2 aliphatic rings. The monoisotopic (exact) mass is 275 g/mol. The van der Waals surface area contributed by atoms with Gasteiger partial charge in [-0.05, 0) is 24.3 Å². The normalized spacial score (nSPS) is 22.9. The average Bonchev–Trinajstić information content (AvgIpc) is 3.03. The highest BCUT2D eigenvalue weighted by molar-refractivity contribution is 5.22. The molecule has 4 nitrogen and oxygen atoms in total. The lowest BCUT2D eigenvalue weighted by atomic mass is 9.90. The van der Waals surface area contributed by atoms with Gasteiger partial charge >= 0.3 is 0 Å². The maximum absolute atomic E-state index is 5.19. The Kier molecular flexibility index (Phi) is 4.53. The molecule has 1 saturated heterocycles. The largest absolute Gasteiger partial charge is 0.481 e. The summed E-state index contributed by atoms with van der Waals surface area (Å²) in [4.78, 5) is 7.07. The van der Waals surface area contributed by atoms with Crippen molar-refractivity contribution in [1.82, 2.24) is 15.2 Å². The fraction of sp³-hybridized carbons (Fsp3) is 0.688. The van der Waals surface area contributed by atoms with Crippen LogP contribution in [0.25, 0.3) is 0 Å². The number of piperazine rings is 1. The van der Waals surface area contributed by atoms with Gasteiger partial charge in [0.1, 0.15) is 0 Å². The van der Waals surface area contributed by atoms with Crippen molar-refractivity contribution in [1.29, 1.82) is 0 Å². The van der Waals surface area contributed by atoms with E-state index in [2.05, 4.69) is 21.3 Å². The summed E-state index contributed by atoms with van der Waals surface area (Å²) in [6.07, 6.45) is 7.51. The van der Waals surface area contributed by atoms with Gasteiger partial charge < -0.3 is 10.1 Å². The first-order valence-corrected chi connectivity index (χ1v) is 7.83. The van der Waals surface area contributed by atoms with E-state index < -0.39 is 0 Å². The van der Waals surface area contributed by atoms with E-state index in [-0.39, 0.29) is 0 Å². The summed E-state index contributed by atoms with van der Waals surface area (Å²) < 4.78 is 5.19. The molecule has 0 aromatic carbocycles. The zero-order valence-electron chi connectivity index (χ0n) is 12.3. The van der Waals surface area contributed by atoms with Crippen molar-refractivity contribution in [3.8, 4) is 5.88 Å². The Morgan fingerprint density at radius 2 is 2.00 bits per heavy atom. The molecule has 2 heterocycles. The number of nitrogens with one attached hydrogen (secondary N) is 1. The van der Waals surface area contributed by atoms with Crippen LogP contribution in [-0.4, -0.2) is 43.2 Å². The smallest absolute Gasteiger partial charge is 0.212 e. The van der Waals surface area contributed by atoms with Crippen molar-refractivity contribution in [3.63, 3.8) is 0 Å². The minimum absolute atomic E-state index is 0.540. The van der Waals surface area contributed by atoms with E-state index >= 15 is 0 Å². The number of aromatic nitrogens is 1. The molecule has 2 fully saturated rings. The Morgan fingerprint density at radius 1 is 1.25 bits per heavy atom. The summed E-state index contributed by atoms with van der Waals surface area (Å²) in [6, 6.07) is 4.74. The molecule has 3 rings (SSSR count). The lowest BCUT2D eigenvalue weighted by Crippen LogP contribution is -2.46. The fourth-order valence-electron chi connectivity index (χ4n) is 3.70. The Hall–Kier alpha value is -1.13. The first kappa shape index (κ1) is 13.8. The van der Waals surface area contributed by atoms with Gasteiger partial charge in [-0.15, -0.1) is 0 Å². The molecule has 1 saturated carbocycles. The summed E-state index contributed by atoms with van der Waals surface area (Å²) in [7, 11) is 1.67. The average molecular weight is 275 g/mol. The number of nitrogens with zero attached hydrogens (tertiary/aromatic N) is 2. The van der Waals surface area contributed by atoms with E-state index in [1.807, 2.05) is 12.3 Å². The van der Waals surface area contributed by atoms with E-state index in [4.69, 9.17) is 4.74 Å². The predicted molar refractivity (Wildman–Crippen MR) is 79.9 cm³/mol. The number of methoxy groups -OCH3 is 1. The first-order chi connectivity index (χ1) is 9.88. The third-order valence-electron chi connectivity index (χ3n) is 4.70. The number of hydrogen-bond donors (Lipinski definition) is 1. The van der Waals surface area contributed by atoms with Gasteiger partial charge in [-0.25, -0.2) is 4.98 Å². The van der Waals surface area contributed by atoms with Gasteiger partial charge in [0.2, 0.25) is 5.88 Å². The highest BCUT2D eigenvalue weighted by Crippen LogP contribution is 2.39. The van der Waals surface area contributed by atoms with Crippen LogP contribution in [0, 0.1) is 5.92 Å². The Labute approximate surface area is 121 Å². The second-order valence-corrected chi connectivity index (χ2v) is 5.91. The Bertz CT molecular complexity index is 408. The van der Waals surface area contributed by atoms with Gasteiger partial charge in [0.25, 0.3) is 0 Å². The number of rotatable bonds is 4. The zero-order chi connectivity index (χ0) is 13.8. The number of ether oxygens (including phenoxy) is 1. The quantitative estimate of drug-likeness (QED) is 0.914. The molecule has 110 valence electrons. The molecule has 1 aromatic heterocycles. The second kappa shape index (κ2) is 6.55. The molecule has 0 unspecified atom stereocenters. The van der Waals surface area contributed by atoms with Crippen LogP contribution in [0.5, 0.6) is 5.88 Å². The van der Waals surface area contributed by atoms with E-state index in [9.17, 15) is 0 Å². The summed E-state index contributed by atoms with van der Waals surface area (Å²) in [5, 5.41) is 3.45. The first-order valence-electron chi connectivity index (χ1n) is 7.83. The van der Waals surface area contributed by atoms with E-state index in [0.717, 1.165) is 32.1 Å². The highest BCUT2D eigenvalue weighted by Gasteiger charge is 2.31. The molecule has 0 spiro atoms. The van der Waals surface area contributed by atoms with E-state index in [1.54, 1.807) is 7.11 Å². The molecule has 1 N–H and O–H groups in total. The van der Waals surface area contributed by atoms with Crippen LogP contribution in [0.15, 0.2) is 18.3 Å². The predicted octanol–water partition coefficient (Wildman–Crippen LogP) is 2.23. The fourth-order valence-corrected chi connectivity index (χ4v) is 3.70.